The van der Waals surface area contributed by atoms with Gasteiger partial charge in [-0.25, -0.2) is 8.42 Å². The van der Waals surface area contributed by atoms with E-state index in [1.165, 1.54) is 6.07 Å². The molecule has 0 aliphatic carbocycles. The van der Waals surface area contributed by atoms with E-state index in [-0.39, 0.29) is 4.90 Å². The molecule has 0 radical (unpaired) electrons. The van der Waals surface area contributed by atoms with Crippen molar-refractivity contribution in [1.82, 2.24) is 4.72 Å². The molecule has 4 nitrogen and oxygen atoms in total. The van der Waals surface area contributed by atoms with Crippen LogP contribution in [0.5, 0.6) is 0 Å². The molecule has 0 saturated carbocycles. The molecule has 0 atom stereocenters. The fourth-order valence-corrected chi connectivity index (χ4v) is 4.02. The van der Waals surface area contributed by atoms with E-state index in [4.69, 9.17) is 5.26 Å². The minimum atomic E-state index is -3.70. The first-order chi connectivity index (χ1) is 8.40. The second kappa shape index (κ2) is 5.83. The number of benzene rings is 1. The minimum absolute atomic E-state index is 0.145. The molecular weight excluding hydrogens is 316 g/mol. The highest BCUT2D eigenvalue weighted by molar-refractivity contribution is 9.10. The molecule has 98 valence electrons. The number of hydrogen-bond acceptors (Lipinski definition) is 3. The van der Waals surface area contributed by atoms with Crippen molar-refractivity contribution in [2.24, 2.45) is 0 Å². The number of nitrogens with one attached hydrogen (secondary N) is 1. The topological polar surface area (TPSA) is 70.0 Å². The summed E-state index contributed by atoms with van der Waals surface area (Å²) in [5.41, 5.74) is -1.05. The van der Waals surface area contributed by atoms with Crippen molar-refractivity contribution in [3.05, 3.63) is 28.7 Å². The maximum atomic E-state index is 12.3. The molecule has 18 heavy (non-hydrogen) atoms. The Hall–Kier alpha value is -0.900. The third-order valence-corrected chi connectivity index (χ3v) is 5.43. The molecule has 0 bridgehead atoms. The third-order valence-electron chi connectivity index (χ3n) is 2.88. The van der Waals surface area contributed by atoms with Crippen LogP contribution in [0.25, 0.3) is 0 Å². The Bertz CT molecular complexity index is 560. The standard InChI is InChI=1S/C12H15BrN2O2S/c1-3-12(4-2,9-14)15-18(16,17)11-8-6-5-7-10(11)13/h5-8,15H,3-4H2,1-2H3. The van der Waals surface area contributed by atoms with E-state index in [1.54, 1.807) is 32.0 Å². The lowest BCUT2D eigenvalue weighted by Crippen LogP contribution is -2.46. The molecule has 0 fully saturated rings. The van der Waals surface area contributed by atoms with Crippen LogP contribution in [0.15, 0.2) is 33.6 Å². The molecular formula is C12H15BrN2O2S. The monoisotopic (exact) mass is 330 g/mol. The zero-order chi connectivity index (χ0) is 13.8. The van der Waals surface area contributed by atoms with Crippen molar-refractivity contribution in [3.8, 4) is 6.07 Å². The zero-order valence-corrected chi connectivity index (χ0v) is 12.7. The highest BCUT2D eigenvalue weighted by atomic mass is 79.9. The first kappa shape index (κ1) is 15.2. The lowest BCUT2D eigenvalue weighted by Gasteiger charge is -2.24. The maximum absolute atomic E-state index is 12.3. The number of hydrogen-bond donors (Lipinski definition) is 1. The molecule has 1 N–H and O–H groups in total. The van der Waals surface area contributed by atoms with Gasteiger partial charge >= 0.3 is 0 Å². The molecule has 0 amide bonds. The van der Waals surface area contributed by atoms with Gasteiger partial charge in [-0.2, -0.15) is 9.98 Å². The van der Waals surface area contributed by atoms with E-state index in [0.717, 1.165) is 0 Å². The minimum Gasteiger partial charge on any atom is -0.207 e. The third kappa shape index (κ3) is 3.10. The Morgan fingerprint density at radius 2 is 1.89 bits per heavy atom. The number of nitrogens with zero attached hydrogens (tertiary/aromatic N) is 1. The molecule has 6 heteroatoms. The smallest absolute Gasteiger partial charge is 0.207 e. The van der Waals surface area contributed by atoms with Crippen LogP contribution < -0.4 is 4.72 Å². The van der Waals surface area contributed by atoms with E-state index in [1.807, 2.05) is 0 Å². The Labute approximate surface area is 116 Å². The van der Waals surface area contributed by atoms with E-state index in [0.29, 0.717) is 17.3 Å². The van der Waals surface area contributed by atoms with Crippen LogP contribution in [-0.4, -0.2) is 14.0 Å². The van der Waals surface area contributed by atoms with Gasteiger partial charge in [0.15, 0.2) is 0 Å². The van der Waals surface area contributed by atoms with Gasteiger partial charge in [0.25, 0.3) is 0 Å². The summed E-state index contributed by atoms with van der Waals surface area (Å²) in [6, 6.07) is 8.59. The Morgan fingerprint density at radius 1 is 1.33 bits per heavy atom. The summed E-state index contributed by atoms with van der Waals surface area (Å²) >= 11 is 3.20. The Morgan fingerprint density at radius 3 is 2.33 bits per heavy atom. The van der Waals surface area contributed by atoms with Crippen molar-refractivity contribution < 1.29 is 8.42 Å². The SMILES string of the molecule is CCC(C#N)(CC)NS(=O)(=O)c1ccccc1Br. The van der Waals surface area contributed by atoms with Crippen LogP contribution in [0.1, 0.15) is 26.7 Å². The average Bonchev–Trinajstić information content (AvgIpc) is 2.36. The first-order valence-electron chi connectivity index (χ1n) is 5.60. The molecule has 1 aromatic rings. The second-order valence-electron chi connectivity index (χ2n) is 3.94. The quantitative estimate of drug-likeness (QED) is 0.902. The van der Waals surface area contributed by atoms with Crippen molar-refractivity contribution in [1.29, 1.82) is 5.26 Å². The molecule has 0 aliphatic heterocycles. The molecule has 1 rings (SSSR count). The predicted octanol–water partition coefficient (Wildman–Crippen LogP) is 2.81. The number of sulfonamides is 1. The van der Waals surface area contributed by atoms with Crippen LogP contribution in [-0.2, 0) is 10.0 Å². The zero-order valence-electron chi connectivity index (χ0n) is 10.3. The summed E-state index contributed by atoms with van der Waals surface area (Å²) in [6.45, 7) is 3.57. The van der Waals surface area contributed by atoms with E-state index in [2.05, 4.69) is 26.7 Å². The van der Waals surface area contributed by atoms with Gasteiger partial charge in [-0.05, 0) is 40.9 Å². The summed E-state index contributed by atoms with van der Waals surface area (Å²) in [4.78, 5) is 0.145. The van der Waals surface area contributed by atoms with Crippen LogP contribution in [0.4, 0.5) is 0 Å². The van der Waals surface area contributed by atoms with Gasteiger partial charge in [-0.1, -0.05) is 26.0 Å². The summed E-state index contributed by atoms with van der Waals surface area (Å²) in [5.74, 6) is 0. The van der Waals surface area contributed by atoms with Gasteiger partial charge in [0.1, 0.15) is 5.54 Å². The van der Waals surface area contributed by atoms with Gasteiger partial charge in [-0.15, -0.1) is 0 Å². The highest BCUT2D eigenvalue weighted by Crippen LogP contribution is 2.24. The average molecular weight is 331 g/mol. The van der Waals surface area contributed by atoms with Crippen LogP contribution >= 0.6 is 15.9 Å². The van der Waals surface area contributed by atoms with Crippen molar-refractivity contribution in [2.75, 3.05) is 0 Å². The normalized spacial score (nSPS) is 12.1. The van der Waals surface area contributed by atoms with Crippen molar-refractivity contribution >= 4 is 26.0 Å². The highest BCUT2D eigenvalue weighted by Gasteiger charge is 2.32. The number of halogens is 1. The van der Waals surface area contributed by atoms with Gasteiger partial charge in [0.2, 0.25) is 10.0 Å². The molecule has 0 unspecified atom stereocenters. The first-order valence-corrected chi connectivity index (χ1v) is 7.88. The van der Waals surface area contributed by atoms with E-state index < -0.39 is 15.6 Å². The largest absolute Gasteiger partial charge is 0.243 e. The second-order valence-corrected chi connectivity index (χ2v) is 6.44. The molecule has 0 saturated heterocycles. The van der Waals surface area contributed by atoms with Crippen molar-refractivity contribution in [2.45, 2.75) is 37.1 Å². The van der Waals surface area contributed by atoms with Gasteiger partial charge in [0.05, 0.1) is 11.0 Å². The molecule has 0 spiro atoms. The van der Waals surface area contributed by atoms with Crippen LogP contribution in [0, 0.1) is 11.3 Å². The van der Waals surface area contributed by atoms with Gasteiger partial charge in [0, 0.05) is 4.47 Å². The van der Waals surface area contributed by atoms with Crippen LogP contribution in [0.2, 0.25) is 0 Å². The predicted molar refractivity (Wildman–Crippen MR) is 73.4 cm³/mol. The Balaban J connectivity index is 3.18. The fourth-order valence-electron chi connectivity index (χ4n) is 1.55. The molecule has 0 aromatic heterocycles. The van der Waals surface area contributed by atoms with E-state index >= 15 is 0 Å². The van der Waals surface area contributed by atoms with Crippen molar-refractivity contribution in [3.63, 3.8) is 0 Å². The van der Waals surface area contributed by atoms with Gasteiger partial charge < -0.3 is 0 Å². The lowest BCUT2D eigenvalue weighted by atomic mass is 9.97. The Kier molecular flexibility index (Phi) is 4.91. The number of nitriles is 1. The summed E-state index contributed by atoms with van der Waals surface area (Å²) < 4.78 is 27.5. The molecule has 0 heterocycles. The maximum Gasteiger partial charge on any atom is 0.243 e. The summed E-state index contributed by atoms with van der Waals surface area (Å²) in [5, 5.41) is 9.17. The summed E-state index contributed by atoms with van der Waals surface area (Å²) in [7, 11) is -3.70. The number of rotatable bonds is 5. The van der Waals surface area contributed by atoms with Gasteiger partial charge in [-0.3, -0.25) is 0 Å². The van der Waals surface area contributed by atoms with Crippen LogP contribution in [0.3, 0.4) is 0 Å². The molecule has 1 aromatic carbocycles. The fraction of sp³-hybridized carbons (Fsp3) is 0.417. The molecule has 0 aliphatic rings. The summed E-state index contributed by atoms with van der Waals surface area (Å²) in [6.07, 6.45) is 0.841. The lowest BCUT2D eigenvalue weighted by molar-refractivity contribution is 0.446. The van der Waals surface area contributed by atoms with E-state index in [9.17, 15) is 8.42 Å².